The van der Waals surface area contributed by atoms with E-state index in [4.69, 9.17) is 14.2 Å². The number of morpholine rings is 1. The molecule has 3 atom stereocenters. The number of methoxy groups -OCH3 is 2. The molecular formula is C32H49N2O3P. The Balaban J connectivity index is 1.66. The van der Waals surface area contributed by atoms with Crippen LogP contribution in [0.4, 0.5) is 0 Å². The molecule has 2 aliphatic rings. The molecule has 0 amide bonds. The van der Waals surface area contributed by atoms with Crippen molar-refractivity contribution in [3.8, 4) is 11.5 Å². The molecular weight excluding hydrogens is 491 g/mol. The molecule has 210 valence electrons. The molecule has 0 bridgehead atoms. The molecule has 0 N–H and O–H groups in total. The van der Waals surface area contributed by atoms with Gasteiger partial charge in [0.1, 0.15) is 11.5 Å². The highest BCUT2D eigenvalue weighted by atomic mass is 31.1. The molecule has 5 nitrogen and oxygen atoms in total. The Labute approximate surface area is 232 Å². The number of ether oxygens (including phenoxy) is 3. The minimum atomic E-state index is -0.534. The Morgan fingerprint density at radius 3 is 1.87 bits per heavy atom. The fourth-order valence-electron chi connectivity index (χ4n) is 6.82. The molecule has 1 aliphatic carbocycles. The predicted octanol–water partition coefficient (Wildman–Crippen LogP) is 5.19. The second kappa shape index (κ2) is 13.1. The molecule has 1 aliphatic heterocycles. The normalized spacial score (nSPS) is 21.3. The average molecular weight is 541 g/mol. The first-order valence-corrected chi connectivity index (χ1v) is 15.8. The fourth-order valence-corrected chi connectivity index (χ4v) is 10.4. The van der Waals surface area contributed by atoms with Crippen molar-refractivity contribution in [2.75, 3.05) is 60.7 Å². The summed E-state index contributed by atoms with van der Waals surface area (Å²) in [5.74, 6) is 2.72. The van der Waals surface area contributed by atoms with E-state index in [-0.39, 0.29) is 0 Å². The van der Waals surface area contributed by atoms with Crippen LogP contribution < -0.4 is 20.1 Å². The van der Waals surface area contributed by atoms with Gasteiger partial charge in [-0.25, -0.2) is 0 Å². The molecule has 1 saturated carbocycles. The van der Waals surface area contributed by atoms with Crippen LogP contribution in [0.3, 0.4) is 0 Å². The van der Waals surface area contributed by atoms with E-state index in [9.17, 15) is 0 Å². The Bertz CT molecular complexity index is 979. The van der Waals surface area contributed by atoms with Crippen LogP contribution in [0.15, 0.2) is 24.3 Å². The summed E-state index contributed by atoms with van der Waals surface area (Å²) in [6, 6.07) is 10.2. The maximum Gasteiger partial charge on any atom is 0.124 e. The molecule has 38 heavy (non-hydrogen) atoms. The summed E-state index contributed by atoms with van der Waals surface area (Å²) >= 11 is 0. The van der Waals surface area contributed by atoms with Gasteiger partial charge in [-0.2, -0.15) is 0 Å². The number of benzene rings is 2. The molecule has 2 fully saturated rings. The number of hydrogen-bond donors (Lipinski definition) is 0. The van der Waals surface area contributed by atoms with Crippen molar-refractivity contribution in [1.82, 2.24) is 9.80 Å². The zero-order valence-electron chi connectivity index (χ0n) is 25.0. The Kier molecular flexibility index (Phi) is 10.1. The first-order chi connectivity index (χ1) is 18.2. The lowest BCUT2D eigenvalue weighted by Gasteiger charge is -2.38. The summed E-state index contributed by atoms with van der Waals surface area (Å²) in [7, 11) is 5.38. The SMILES string of the molecule is COc1c(C)cc(P(c2cc(C)c(OC)c(C)c2)C2CCCC2C(C)N(C)CCN2CCOCC2)cc1C. The molecule has 0 radical (unpaired) electrons. The number of nitrogens with zero attached hydrogens (tertiary/aromatic N) is 2. The van der Waals surface area contributed by atoms with Crippen molar-refractivity contribution in [2.45, 2.75) is 65.6 Å². The largest absolute Gasteiger partial charge is 0.496 e. The Morgan fingerprint density at radius 2 is 1.39 bits per heavy atom. The number of likely N-dealkylation sites (N-methyl/N-ethyl adjacent to an activating group) is 1. The van der Waals surface area contributed by atoms with E-state index in [1.807, 2.05) is 0 Å². The van der Waals surface area contributed by atoms with Crippen molar-refractivity contribution in [2.24, 2.45) is 5.92 Å². The molecule has 3 unspecified atom stereocenters. The Morgan fingerprint density at radius 1 is 0.895 bits per heavy atom. The molecule has 2 aromatic carbocycles. The van der Waals surface area contributed by atoms with Gasteiger partial charge in [0.05, 0.1) is 27.4 Å². The van der Waals surface area contributed by atoms with Gasteiger partial charge in [0.2, 0.25) is 0 Å². The van der Waals surface area contributed by atoms with Crippen LogP contribution in [-0.4, -0.2) is 82.2 Å². The van der Waals surface area contributed by atoms with Gasteiger partial charge in [0, 0.05) is 32.2 Å². The summed E-state index contributed by atoms with van der Waals surface area (Å²) in [5, 5.41) is 2.97. The van der Waals surface area contributed by atoms with Gasteiger partial charge in [0.15, 0.2) is 0 Å². The standard InChI is InChI=1S/C32H49N2O3P/c1-22-18-27(19-23(2)31(22)35-7)38(28-20-24(3)32(36-8)25(4)21-28)30-11-9-10-29(30)26(5)33(6)12-13-34-14-16-37-17-15-34/h18-21,26,29-30H,9-17H2,1-8H3. The third-order valence-electron chi connectivity index (χ3n) is 8.91. The first-order valence-electron chi connectivity index (χ1n) is 14.3. The van der Waals surface area contributed by atoms with Gasteiger partial charge in [-0.05, 0) is 131 Å². The van der Waals surface area contributed by atoms with E-state index in [1.54, 1.807) is 14.2 Å². The summed E-state index contributed by atoms with van der Waals surface area (Å²) < 4.78 is 17.1. The van der Waals surface area contributed by atoms with Crippen molar-refractivity contribution >= 4 is 18.5 Å². The van der Waals surface area contributed by atoms with Crippen LogP contribution in [0, 0.1) is 33.6 Å². The van der Waals surface area contributed by atoms with Gasteiger partial charge in [-0.15, -0.1) is 0 Å². The maximum atomic E-state index is 5.75. The van der Waals surface area contributed by atoms with E-state index in [0.29, 0.717) is 17.6 Å². The summed E-state index contributed by atoms with van der Waals surface area (Å²) in [6.45, 7) is 17.4. The van der Waals surface area contributed by atoms with Crippen molar-refractivity contribution in [3.05, 3.63) is 46.5 Å². The molecule has 2 aromatic rings. The highest BCUT2D eigenvalue weighted by Crippen LogP contribution is 2.52. The van der Waals surface area contributed by atoms with Gasteiger partial charge in [-0.3, -0.25) is 4.90 Å². The van der Waals surface area contributed by atoms with E-state index in [0.717, 1.165) is 50.9 Å². The fraction of sp³-hybridized carbons (Fsp3) is 0.625. The Hall–Kier alpha value is -1.65. The van der Waals surface area contributed by atoms with E-state index in [1.165, 1.54) is 52.1 Å². The number of aryl methyl sites for hydroxylation is 4. The molecule has 6 heteroatoms. The lowest BCUT2D eigenvalue weighted by atomic mass is 9.98. The highest BCUT2D eigenvalue weighted by molar-refractivity contribution is 7.73. The predicted molar refractivity (Wildman–Crippen MR) is 162 cm³/mol. The van der Waals surface area contributed by atoms with E-state index < -0.39 is 7.92 Å². The third-order valence-corrected chi connectivity index (χ3v) is 11.8. The van der Waals surface area contributed by atoms with Gasteiger partial charge < -0.3 is 19.1 Å². The van der Waals surface area contributed by atoms with Crippen molar-refractivity contribution < 1.29 is 14.2 Å². The monoisotopic (exact) mass is 540 g/mol. The van der Waals surface area contributed by atoms with Gasteiger partial charge in [-0.1, -0.05) is 6.42 Å². The van der Waals surface area contributed by atoms with Crippen LogP contribution in [0.1, 0.15) is 48.4 Å². The first kappa shape index (κ1) is 29.3. The molecule has 1 heterocycles. The molecule has 4 rings (SSSR count). The quantitative estimate of drug-likeness (QED) is 0.388. The van der Waals surface area contributed by atoms with Gasteiger partial charge in [0.25, 0.3) is 0 Å². The van der Waals surface area contributed by atoms with Crippen molar-refractivity contribution in [1.29, 1.82) is 0 Å². The second-order valence-electron chi connectivity index (χ2n) is 11.4. The van der Waals surface area contributed by atoms with Crippen LogP contribution >= 0.6 is 7.92 Å². The molecule has 0 spiro atoms. The van der Waals surface area contributed by atoms with Crippen LogP contribution in [0.25, 0.3) is 0 Å². The van der Waals surface area contributed by atoms with Crippen LogP contribution in [0.5, 0.6) is 11.5 Å². The van der Waals surface area contributed by atoms with Crippen LogP contribution in [0.2, 0.25) is 0 Å². The van der Waals surface area contributed by atoms with Crippen molar-refractivity contribution in [3.63, 3.8) is 0 Å². The van der Waals surface area contributed by atoms with Gasteiger partial charge >= 0.3 is 0 Å². The lowest BCUT2D eigenvalue weighted by Crippen LogP contribution is -2.45. The topological polar surface area (TPSA) is 34.2 Å². The summed E-state index contributed by atoms with van der Waals surface area (Å²) in [4.78, 5) is 5.18. The average Bonchev–Trinajstić information content (AvgIpc) is 3.36. The maximum absolute atomic E-state index is 5.75. The smallest absolute Gasteiger partial charge is 0.124 e. The highest BCUT2D eigenvalue weighted by Gasteiger charge is 2.39. The summed E-state index contributed by atoms with van der Waals surface area (Å²) in [6.07, 6.45) is 3.93. The molecule has 1 saturated heterocycles. The van der Waals surface area contributed by atoms with E-state index >= 15 is 0 Å². The lowest BCUT2D eigenvalue weighted by molar-refractivity contribution is 0.0315. The minimum Gasteiger partial charge on any atom is -0.496 e. The zero-order valence-corrected chi connectivity index (χ0v) is 25.9. The van der Waals surface area contributed by atoms with Crippen LogP contribution in [-0.2, 0) is 4.74 Å². The summed E-state index contributed by atoms with van der Waals surface area (Å²) in [5.41, 5.74) is 5.61. The molecule has 0 aromatic heterocycles. The number of hydrogen-bond acceptors (Lipinski definition) is 5. The van der Waals surface area contributed by atoms with E-state index in [2.05, 4.69) is 75.7 Å². The minimum absolute atomic E-state index is 0.534. The second-order valence-corrected chi connectivity index (χ2v) is 13.9. The number of rotatable bonds is 10. The third kappa shape index (κ3) is 6.39. The zero-order chi connectivity index (χ0) is 27.4.